The number of halogens is 1. The second-order valence-corrected chi connectivity index (χ2v) is 7.55. The third-order valence-corrected chi connectivity index (χ3v) is 5.19. The first-order valence-electron chi connectivity index (χ1n) is 6.46. The summed E-state index contributed by atoms with van der Waals surface area (Å²) in [5, 5.41) is 11.4. The predicted octanol–water partition coefficient (Wildman–Crippen LogP) is 0.985. The van der Waals surface area contributed by atoms with E-state index >= 15 is 0 Å². The lowest BCUT2D eigenvalue weighted by Crippen LogP contribution is -2.48. The smallest absolute Gasteiger partial charge is 0.337 e. The Hall–Kier alpha value is -1.64. The minimum atomic E-state index is -3.85. The van der Waals surface area contributed by atoms with Gasteiger partial charge in [0, 0.05) is 13.0 Å². The Morgan fingerprint density at radius 1 is 1.50 bits per heavy atom. The van der Waals surface area contributed by atoms with Gasteiger partial charge in [0.2, 0.25) is 15.9 Å². The van der Waals surface area contributed by atoms with E-state index in [1.165, 1.54) is 6.07 Å². The van der Waals surface area contributed by atoms with Gasteiger partial charge in [0.15, 0.2) is 0 Å². The standard InChI is InChI=1S/C13H15ClN2O5S/c1-13(5-4-11(17)16-13)7-15-22(20,21)8-2-3-9(12(18)19)10(14)6-8/h2-3,6,15H,4-5,7H2,1H3,(H,16,17)(H,18,19). The first-order valence-corrected chi connectivity index (χ1v) is 8.33. The Kier molecular flexibility index (Phi) is 4.46. The van der Waals surface area contributed by atoms with Crippen molar-refractivity contribution in [2.24, 2.45) is 0 Å². The molecule has 1 aliphatic heterocycles. The number of hydrogen-bond acceptors (Lipinski definition) is 4. The topological polar surface area (TPSA) is 113 Å². The third kappa shape index (κ3) is 3.57. The summed E-state index contributed by atoms with van der Waals surface area (Å²) < 4.78 is 26.8. The van der Waals surface area contributed by atoms with Gasteiger partial charge in [-0.3, -0.25) is 4.79 Å². The molecular weight excluding hydrogens is 332 g/mol. The number of rotatable bonds is 5. The van der Waals surface area contributed by atoms with Gasteiger partial charge in [0.1, 0.15) is 0 Å². The summed E-state index contributed by atoms with van der Waals surface area (Å²) in [5.74, 6) is -1.35. The summed E-state index contributed by atoms with van der Waals surface area (Å²) in [7, 11) is -3.85. The normalized spacial score (nSPS) is 21.6. The van der Waals surface area contributed by atoms with E-state index in [1.807, 2.05) is 0 Å². The van der Waals surface area contributed by atoms with Gasteiger partial charge in [0.05, 0.1) is 21.0 Å². The molecule has 0 aromatic heterocycles. The van der Waals surface area contributed by atoms with Crippen molar-refractivity contribution in [2.45, 2.75) is 30.2 Å². The minimum absolute atomic E-state index is 0.0410. The molecule has 1 heterocycles. The van der Waals surface area contributed by atoms with E-state index in [4.69, 9.17) is 16.7 Å². The molecule has 1 aromatic carbocycles. The van der Waals surface area contributed by atoms with Gasteiger partial charge in [-0.15, -0.1) is 0 Å². The molecule has 1 amide bonds. The van der Waals surface area contributed by atoms with Crippen molar-refractivity contribution in [3.05, 3.63) is 28.8 Å². The number of carboxylic acids is 1. The number of sulfonamides is 1. The van der Waals surface area contributed by atoms with Crippen LogP contribution in [0.2, 0.25) is 5.02 Å². The number of amides is 1. The first-order chi connectivity index (χ1) is 10.1. The number of benzene rings is 1. The summed E-state index contributed by atoms with van der Waals surface area (Å²) in [4.78, 5) is 22.0. The maximum absolute atomic E-state index is 12.2. The highest BCUT2D eigenvalue weighted by Crippen LogP contribution is 2.22. The van der Waals surface area contributed by atoms with Crippen LogP contribution >= 0.6 is 11.6 Å². The van der Waals surface area contributed by atoms with Gasteiger partial charge in [-0.25, -0.2) is 17.9 Å². The van der Waals surface area contributed by atoms with E-state index in [0.29, 0.717) is 12.8 Å². The second-order valence-electron chi connectivity index (χ2n) is 5.38. The lowest BCUT2D eigenvalue weighted by molar-refractivity contribution is -0.119. The zero-order valence-electron chi connectivity index (χ0n) is 11.7. The molecule has 7 nitrogen and oxygen atoms in total. The summed E-state index contributed by atoms with van der Waals surface area (Å²) in [6.45, 7) is 1.79. The SMILES string of the molecule is CC1(CNS(=O)(=O)c2ccc(C(=O)O)c(Cl)c2)CCC(=O)N1. The van der Waals surface area contributed by atoms with Gasteiger partial charge >= 0.3 is 5.97 Å². The van der Waals surface area contributed by atoms with Crippen molar-refractivity contribution in [3.8, 4) is 0 Å². The zero-order chi connectivity index (χ0) is 16.5. The van der Waals surface area contributed by atoms with E-state index in [0.717, 1.165) is 12.1 Å². The molecule has 0 bridgehead atoms. The molecule has 1 saturated heterocycles. The lowest BCUT2D eigenvalue weighted by Gasteiger charge is -2.24. The second kappa shape index (κ2) is 5.86. The van der Waals surface area contributed by atoms with Crippen molar-refractivity contribution < 1.29 is 23.1 Å². The first kappa shape index (κ1) is 16.7. The van der Waals surface area contributed by atoms with Crippen LogP contribution in [-0.4, -0.2) is 37.5 Å². The fourth-order valence-electron chi connectivity index (χ4n) is 2.16. The van der Waals surface area contributed by atoms with Gasteiger partial charge in [-0.2, -0.15) is 0 Å². The van der Waals surface area contributed by atoms with Crippen LogP contribution in [0.3, 0.4) is 0 Å². The van der Waals surface area contributed by atoms with Crippen LogP contribution < -0.4 is 10.0 Å². The Bertz CT molecular complexity index is 734. The maximum Gasteiger partial charge on any atom is 0.337 e. The molecular formula is C13H15ClN2O5S. The molecule has 3 N–H and O–H groups in total. The van der Waals surface area contributed by atoms with Crippen molar-refractivity contribution in [3.63, 3.8) is 0 Å². The van der Waals surface area contributed by atoms with Gasteiger partial charge in [0.25, 0.3) is 0 Å². The maximum atomic E-state index is 12.2. The molecule has 9 heteroatoms. The average molecular weight is 347 g/mol. The van der Waals surface area contributed by atoms with Crippen molar-refractivity contribution >= 4 is 33.5 Å². The number of aromatic carboxylic acids is 1. The number of hydrogen-bond donors (Lipinski definition) is 3. The Balaban J connectivity index is 2.15. The van der Waals surface area contributed by atoms with E-state index in [2.05, 4.69) is 10.0 Å². The summed E-state index contributed by atoms with van der Waals surface area (Å²) >= 11 is 5.77. The summed E-state index contributed by atoms with van der Waals surface area (Å²) in [6, 6.07) is 3.40. The zero-order valence-corrected chi connectivity index (χ0v) is 13.3. The quantitative estimate of drug-likeness (QED) is 0.735. The highest BCUT2D eigenvalue weighted by atomic mass is 35.5. The molecule has 1 atom stereocenters. The highest BCUT2D eigenvalue weighted by molar-refractivity contribution is 7.89. The molecule has 0 aliphatic carbocycles. The van der Waals surface area contributed by atoms with Crippen molar-refractivity contribution in [1.82, 2.24) is 10.0 Å². The molecule has 0 saturated carbocycles. The Morgan fingerprint density at radius 2 is 2.18 bits per heavy atom. The van der Waals surface area contributed by atoms with Crippen LogP contribution in [0, 0.1) is 0 Å². The van der Waals surface area contributed by atoms with Crippen LogP contribution in [0.4, 0.5) is 0 Å². The molecule has 22 heavy (non-hydrogen) atoms. The fraction of sp³-hybridized carbons (Fsp3) is 0.385. The Morgan fingerprint density at radius 3 is 2.68 bits per heavy atom. The molecule has 0 spiro atoms. The molecule has 1 unspecified atom stereocenters. The third-order valence-electron chi connectivity index (χ3n) is 3.48. The fourth-order valence-corrected chi connectivity index (χ4v) is 3.68. The largest absolute Gasteiger partial charge is 0.478 e. The van der Waals surface area contributed by atoms with Crippen LogP contribution in [0.1, 0.15) is 30.1 Å². The average Bonchev–Trinajstić information content (AvgIpc) is 2.76. The number of carbonyl (C=O) groups is 2. The van der Waals surface area contributed by atoms with Crippen LogP contribution in [0.15, 0.2) is 23.1 Å². The molecule has 1 aliphatic rings. The van der Waals surface area contributed by atoms with Gasteiger partial charge < -0.3 is 10.4 Å². The van der Waals surface area contributed by atoms with Crippen LogP contribution in [0.25, 0.3) is 0 Å². The van der Waals surface area contributed by atoms with E-state index in [-0.39, 0.29) is 27.9 Å². The lowest BCUT2D eigenvalue weighted by atomic mass is 10.0. The predicted molar refractivity (Wildman–Crippen MR) is 79.4 cm³/mol. The molecule has 1 fully saturated rings. The van der Waals surface area contributed by atoms with Gasteiger partial charge in [-0.1, -0.05) is 11.6 Å². The van der Waals surface area contributed by atoms with E-state index in [9.17, 15) is 18.0 Å². The van der Waals surface area contributed by atoms with Crippen molar-refractivity contribution in [2.75, 3.05) is 6.54 Å². The Labute approximate surface area is 132 Å². The monoisotopic (exact) mass is 346 g/mol. The number of nitrogens with one attached hydrogen (secondary N) is 2. The molecule has 1 aromatic rings. The molecule has 0 radical (unpaired) electrons. The number of carbonyl (C=O) groups excluding carboxylic acids is 1. The molecule has 120 valence electrons. The van der Waals surface area contributed by atoms with Crippen molar-refractivity contribution in [1.29, 1.82) is 0 Å². The summed E-state index contributed by atoms with van der Waals surface area (Å²) in [6.07, 6.45) is 0.893. The highest BCUT2D eigenvalue weighted by Gasteiger charge is 2.34. The van der Waals surface area contributed by atoms with E-state index in [1.54, 1.807) is 6.92 Å². The summed E-state index contributed by atoms with van der Waals surface area (Å²) in [5.41, 5.74) is -0.801. The number of carboxylic acid groups (broad SMARTS) is 1. The van der Waals surface area contributed by atoms with Crippen LogP contribution in [-0.2, 0) is 14.8 Å². The van der Waals surface area contributed by atoms with Crippen LogP contribution in [0.5, 0.6) is 0 Å². The molecule has 2 rings (SSSR count). The van der Waals surface area contributed by atoms with E-state index < -0.39 is 21.5 Å². The minimum Gasteiger partial charge on any atom is -0.478 e. The van der Waals surface area contributed by atoms with Gasteiger partial charge in [-0.05, 0) is 31.5 Å².